The summed E-state index contributed by atoms with van der Waals surface area (Å²) in [5.41, 5.74) is 3.20. The van der Waals surface area contributed by atoms with Crippen LogP contribution in [0, 0.1) is 0 Å². The van der Waals surface area contributed by atoms with Gasteiger partial charge in [0.25, 0.3) is 0 Å². The number of nitrogens with zero attached hydrogens (tertiary/aromatic N) is 1. The summed E-state index contributed by atoms with van der Waals surface area (Å²) >= 11 is 0. The number of fused-ring (bicyclic) bond motifs is 2. The quantitative estimate of drug-likeness (QED) is 0.606. The Morgan fingerprint density at radius 3 is 3.14 bits per heavy atom. The molecule has 2 heterocycles. The van der Waals surface area contributed by atoms with Crippen molar-refractivity contribution in [2.75, 3.05) is 6.61 Å². The van der Waals surface area contributed by atoms with E-state index < -0.39 is 0 Å². The molecule has 0 aromatic heterocycles. The van der Waals surface area contributed by atoms with E-state index in [4.69, 9.17) is 4.74 Å². The molecule has 0 bridgehead atoms. The van der Waals surface area contributed by atoms with Gasteiger partial charge >= 0.3 is 0 Å². The lowest BCUT2D eigenvalue weighted by molar-refractivity contribution is 0.281. The third-order valence-corrected chi connectivity index (χ3v) is 2.39. The van der Waals surface area contributed by atoms with Crippen LogP contribution in [-0.4, -0.2) is 12.8 Å². The first-order chi connectivity index (χ1) is 6.93. The molecule has 2 heteroatoms. The van der Waals surface area contributed by atoms with Gasteiger partial charge in [-0.2, -0.15) is 0 Å². The van der Waals surface area contributed by atoms with Crippen LogP contribution in [0.5, 0.6) is 0 Å². The van der Waals surface area contributed by atoms with Crippen LogP contribution >= 0.6 is 0 Å². The highest BCUT2D eigenvalue weighted by Crippen LogP contribution is 2.29. The molecule has 1 aromatic carbocycles. The highest BCUT2D eigenvalue weighted by molar-refractivity contribution is 5.92. The zero-order valence-electron chi connectivity index (χ0n) is 7.60. The molecule has 0 saturated heterocycles. The number of hydrogen-bond acceptors (Lipinski definition) is 2. The maximum atomic E-state index is 5.47. The number of allylic oxidation sites excluding steroid dienone is 1. The fourth-order valence-electron chi connectivity index (χ4n) is 1.65. The van der Waals surface area contributed by atoms with Gasteiger partial charge in [0.05, 0.1) is 5.69 Å². The largest absolute Gasteiger partial charge is 0.489 e. The summed E-state index contributed by atoms with van der Waals surface area (Å²) in [7, 11) is 0. The van der Waals surface area contributed by atoms with Crippen molar-refractivity contribution < 1.29 is 4.74 Å². The SMILES string of the molecule is C1=Nc2ccccc2C=C2OCC=C12. The van der Waals surface area contributed by atoms with Crippen molar-refractivity contribution in [2.45, 2.75) is 0 Å². The summed E-state index contributed by atoms with van der Waals surface area (Å²) in [5.74, 6) is 0.929. The molecule has 2 aliphatic heterocycles. The van der Waals surface area contributed by atoms with Crippen LogP contribution in [0.3, 0.4) is 0 Å². The molecular weight excluding hydrogens is 174 g/mol. The van der Waals surface area contributed by atoms with Crippen molar-refractivity contribution in [3.8, 4) is 0 Å². The zero-order valence-corrected chi connectivity index (χ0v) is 7.60. The Hall–Kier alpha value is -1.83. The minimum Gasteiger partial charge on any atom is -0.489 e. The standard InChI is InChI=1S/C12H9NO/c1-2-4-11-9(3-1)7-12-10(8-13-11)5-6-14-12/h1-5,7-8H,6H2. The van der Waals surface area contributed by atoms with Crippen LogP contribution in [-0.2, 0) is 4.74 Å². The third kappa shape index (κ3) is 1.08. The molecule has 14 heavy (non-hydrogen) atoms. The number of benzene rings is 1. The molecule has 0 amide bonds. The first-order valence-corrected chi connectivity index (χ1v) is 4.61. The van der Waals surface area contributed by atoms with Gasteiger partial charge in [0.2, 0.25) is 0 Å². The summed E-state index contributed by atoms with van der Waals surface area (Å²) in [6.07, 6.45) is 5.95. The Balaban J connectivity index is 2.22. The van der Waals surface area contributed by atoms with Crippen LogP contribution in [0.2, 0.25) is 0 Å². The van der Waals surface area contributed by atoms with Gasteiger partial charge in [0.15, 0.2) is 0 Å². The summed E-state index contributed by atoms with van der Waals surface area (Å²) in [6.45, 7) is 0.662. The Labute approximate surface area is 82.2 Å². The van der Waals surface area contributed by atoms with Crippen molar-refractivity contribution in [1.29, 1.82) is 0 Å². The fraction of sp³-hybridized carbons (Fsp3) is 0.0833. The first-order valence-electron chi connectivity index (χ1n) is 4.61. The van der Waals surface area contributed by atoms with Crippen LogP contribution in [0.1, 0.15) is 5.56 Å². The maximum absolute atomic E-state index is 5.47. The van der Waals surface area contributed by atoms with E-state index in [9.17, 15) is 0 Å². The van der Waals surface area contributed by atoms with Crippen LogP contribution < -0.4 is 0 Å². The number of ether oxygens (including phenoxy) is 1. The van der Waals surface area contributed by atoms with E-state index in [0.29, 0.717) is 6.61 Å². The van der Waals surface area contributed by atoms with Crippen LogP contribution in [0.25, 0.3) is 6.08 Å². The molecule has 0 aliphatic carbocycles. The zero-order chi connectivity index (χ0) is 9.38. The molecule has 0 spiro atoms. The smallest absolute Gasteiger partial charge is 0.129 e. The summed E-state index contributed by atoms with van der Waals surface area (Å²) in [6, 6.07) is 8.05. The molecule has 0 fully saturated rings. The van der Waals surface area contributed by atoms with E-state index in [1.807, 2.05) is 42.6 Å². The van der Waals surface area contributed by atoms with E-state index in [-0.39, 0.29) is 0 Å². The van der Waals surface area contributed by atoms with Gasteiger partial charge in [-0.1, -0.05) is 18.2 Å². The minimum absolute atomic E-state index is 0.662. The van der Waals surface area contributed by atoms with E-state index in [1.54, 1.807) is 0 Å². The minimum atomic E-state index is 0.662. The Morgan fingerprint density at radius 1 is 1.21 bits per heavy atom. The lowest BCUT2D eigenvalue weighted by Crippen LogP contribution is -1.85. The molecule has 0 N–H and O–H groups in total. The van der Waals surface area contributed by atoms with Gasteiger partial charge in [-0.15, -0.1) is 0 Å². The van der Waals surface area contributed by atoms with Gasteiger partial charge in [-0.05, 0) is 18.2 Å². The first kappa shape index (κ1) is 7.56. The molecule has 2 nitrogen and oxygen atoms in total. The van der Waals surface area contributed by atoms with Gasteiger partial charge in [0, 0.05) is 17.4 Å². The van der Waals surface area contributed by atoms with Crippen molar-refractivity contribution in [1.82, 2.24) is 0 Å². The second-order valence-corrected chi connectivity index (χ2v) is 3.30. The molecule has 0 radical (unpaired) electrons. The van der Waals surface area contributed by atoms with Gasteiger partial charge < -0.3 is 4.74 Å². The average Bonchev–Trinajstić information content (AvgIpc) is 2.58. The van der Waals surface area contributed by atoms with E-state index >= 15 is 0 Å². The number of rotatable bonds is 0. The summed E-state index contributed by atoms with van der Waals surface area (Å²) in [5, 5.41) is 0. The summed E-state index contributed by atoms with van der Waals surface area (Å²) < 4.78 is 5.47. The number of hydrogen-bond donors (Lipinski definition) is 0. The predicted molar refractivity (Wildman–Crippen MR) is 56.6 cm³/mol. The van der Waals surface area contributed by atoms with Crippen molar-refractivity contribution in [3.63, 3.8) is 0 Å². The topological polar surface area (TPSA) is 21.6 Å². The molecule has 0 atom stereocenters. The molecule has 0 unspecified atom stereocenters. The Morgan fingerprint density at radius 2 is 2.14 bits per heavy atom. The van der Waals surface area contributed by atoms with Crippen molar-refractivity contribution in [3.05, 3.63) is 47.2 Å². The second kappa shape index (κ2) is 2.84. The predicted octanol–water partition coefficient (Wildman–Crippen LogP) is 2.70. The number of aliphatic imine (C=N–C) groups is 1. The lowest BCUT2D eigenvalue weighted by atomic mass is 10.1. The average molecular weight is 183 g/mol. The van der Waals surface area contributed by atoms with E-state index in [2.05, 4.69) is 4.99 Å². The number of para-hydroxylation sites is 1. The molecule has 2 aliphatic rings. The Kier molecular flexibility index (Phi) is 1.53. The monoisotopic (exact) mass is 183 g/mol. The van der Waals surface area contributed by atoms with E-state index in [1.165, 1.54) is 0 Å². The van der Waals surface area contributed by atoms with Crippen molar-refractivity contribution in [2.24, 2.45) is 4.99 Å². The molecule has 68 valence electrons. The molecule has 0 saturated carbocycles. The highest BCUT2D eigenvalue weighted by Gasteiger charge is 2.14. The second-order valence-electron chi connectivity index (χ2n) is 3.30. The Bertz CT molecular complexity index is 469. The normalized spacial score (nSPS) is 17.4. The maximum Gasteiger partial charge on any atom is 0.129 e. The van der Waals surface area contributed by atoms with Crippen LogP contribution in [0.15, 0.2) is 46.7 Å². The lowest BCUT2D eigenvalue weighted by Gasteiger charge is -1.99. The third-order valence-electron chi connectivity index (χ3n) is 2.39. The van der Waals surface area contributed by atoms with Crippen LogP contribution in [0.4, 0.5) is 5.69 Å². The van der Waals surface area contributed by atoms with E-state index in [0.717, 1.165) is 22.6 Å². The van der Waals surface area contributed by atoms with Gasteiger partial charge in [-0.3, -0.25) is 4.99 Å². The fourth-order valence-corrected chi connectivity index (χ4v) is 1.65. The van der Waals surface area contributed by atoms with Gasteiger partial charge in [0.1, 0.15) is 12.4 Å². The van der Waals surface area contributed by atoms with Crippen molar-refractivity contribution >= 4 is 18.0 Å². The molecule has 3 rings (SSSR count). The summed E-state index contributed by atoms with van der Waals surface area (Å²) in [4.78, 5) is 4.40. The molecular formula is C12H9NO. The van der Waals surface area contributed by atoms with Gasteiger partial charge in [-0.25, -0.2) is 0 Å². The highest BCUT2D eigenvalue weighted by atomic mass is 16.5. The molecule has 1 aromatic rings.